The highest BCUT2D eigenvalue weighted by molar-refractivity contribution is 7.89. The summed E-state index contributed by atoms with van der Waals surface area (Å²) in [6.45, 7) is 2.06. The quantitative estimate of drug-likeness (QED) is 0.829. The van der Waals surface area contributed by atoms with E-state index in [0.29, 0.717) is 12.1 Å². The fourth-order valence-corrected chi connectivity index (χ4v) is 2.98. The summed E-state index contributed by atoms with van der Waals surface area (Å²) in [6, 6.07) is 6.40. The van der Waals surface area contributed by atoms with E-state index in [2.05, 4.69) is 9.71 Å². The first-order chi connectivity index (χ1) is 9.51. The predicted octanol–water partition coefficient (Wildman–Crippen LogP) is 1.04. The van der Waals surface area contributed by atoms with Crippen molar-refractivity contribution in [3.05, 3.63) is 48.2 Å². The Morgan fingerprint density at radius 2 is 2.20 bits per heavy atom. The standard InChI is InChI=1S/C13H17N3O3S/c1-10(7-12-3-2-6-19-12)16-20(17,18)13-5-4-11(8-14)15-9-13/h2-6,9-10,16H,7-8,14H2,1H3. The van der Waals surface area contributed by atoms with E-state index in [-0.39, 0.29) is 17.5 Å². The summed E-state index contributed by atoms with van der Waals surface area (Å²) >= 11 is 0. The van der Waals surface area contributed by atoms with Crippen molar-refractivity contribution >= 4 is 10.0 Å². The molecule has 0 aliphatic heterocycles. The average Bonchev–Trinajstić information content (AvgIpc) is 2.91. The molecule has 7 heteroatoms. The van der Waals surface area contributed by atoms with Crippen molar-refractivity contribution in [2.45, 2.75) is 30.8 Å². The fraction of sp³-hybridized carbons (Fsp3) is 0.308. The molecule has 1 unspecified atom stereocenters. The third-order valence-electron chi connectivity index (χ3n) is 2.76. The summed E-state index contributed by atoms with van der Waals surface area (Å²) in [6.07, 6.45) is 3.36. The number of nitrogens with two attached hydrogens (primary N) is 1. The van der Waals surface area contributed by atoms with Crippen LogP contribution in [-0.4, -0.2) is 19.4 Å². The normalized spacial score (nSPS) is 13.3. The lowest BCUT2D eigenvalue weighted by Crippen LogP contribution is -2.34. The molecule has 0 spiro atoms. The number of hydrogen-bond acceptors (Lipinski definition) is 5. The number of hydrogen-bond donors (Lipinski definition) is 2. The van der Waals surface area contributed by atoms with Gasteiger partial charge in [-0.1, -0.05) is 0 Å². The van der Waals surface area contributed by atoms with Crippen LogP contribution in [-0.2, 0) is 23.0 Å². The molecule has 2 aromatic rings. The molecule has 0 aliphatic carbocycles. The molecule has 2 heterocycles. The van der Waals surface area contributed by atoms with Gasteiger partial charge in [0.15, 0.2) is 0 Å². The van der Waals surface area contributed by atoms with Crippen LogP contribution in [0.3, 0.4) is 0 Å². The van der Waals surface area contributed by atoms with E-state index in [0.717, 1.165) is 5.76 Å². The fourth-order valence-electron chi connectivity index (χ4n) is 1.80. The Bertz CT molecular complexity index is 636. The summed E-state index contributed by atoms with van der Waals surface area (Å²) in [5, 5.41) is 0. The zero-order valence-electron chi connectivity index (χ0n) is 11.1. The van der Waals surface area contributed by atoms with Crippen LogP contribution < -0.4 is 10.5 Å². The summed E-state index contributed by atoms with van der Waals surface area (Å²) in [5.41, 5.74) is 6.07. The summed E-state index contributed by atoms with van der Waals surface area (Å²) in [4.78, 5) is 4.11. The molecule has 0 saturated carbocycles. The lowest BCUT2D eigenvalue weighted by atomic mass is 10.2. The number of pyridine rings is 1. The molecule has 2 rings (SSSR count). The van der Waals surface area contributed by atoms with E-state index in [1.54, 1.807) is 25.3 Å². The highest BCUT2D eigenvalue weighted by atomic mass is 32.2. The Labute approximate surface area is 118 Å². The first-order valence-corrected chi connectivity index (χ1v) is 7.69. The molecule has 0 radical (unpaired) electrons. The van der Waals surface area contributed by atoms with Gasteiger partial charge in [0.2, 0.25) is 10.0 Å². The van der Waals surface area contributed by atoms with Crippen LogP contribution in [0.1, 0.15) is 18.4 Å². The van der Waals surface area contributed by atoms with Gasteiger partial charge in [-0.05, 0) is 31.2 Å². The number of nitrogens with one attached hydrogen (secondary N) is 1. The third kappa shape index (κ3) is 3.66. The predicted molar refractivity (Wildman–Crippen MR) is 74.3 cm³/mol. The number of aromatic nitrogens is 1. The first-order valence-electron chi connectivity index (χ1n) is 6.21. The Hall–Kier alpha value is -1.70. The van der Waals surface area contributed by atoms with Crippen molar-refractivity contribution in [3.63, 3.8) is 0 Å². The Balaban J connectivity index is 2.05. The zero-order valence-corrected chi connectivity index (χ0v) is 11.9. The number of furan rings is 1. The maximum Gasteiger partial charge on any atom is 0.242 e. The van der Waals surface area contributed by atoms with Gasteiger partial charge >= 0.3 is 0 Å². The van der Waals surface area contributed by atoms with Crippen LogP contribution >= 0.6 is 0 Å². The van der Waals surface area contributed by atoms with Gasteiger partial charge in [0, 0.05) is 25.2 Å². The van der Waals surface area contributed by atoms with Crippen LogP contribution in [0, 0.1) is 0 Å². The van der Waals surface area contributed by atoms with Crippen molar-refractivity contribution in [2.24, 2.45) is 5.73 Å². The maximum atomic E-state index is 12.2. The van der Waals surface area contributed by atoms with E-state index >= 15 is 0 Å². The molecule has 0 aliphatic rings. The minimum absolute atomic E-state index is 0.126. The van der Waals surface area contributed by atoms with E-state index < -0.39 is 10.0 Å². The van der Waals surface area contributed by atoms with Gasteiger partial charge in [-0.25, -0.2) is 13.1 Å². The minimum Gasteiger partial charge on any atom is -0.469 e. The van der Waals surface area contributed by atoms with Crippen LogP contribution in [0.5, 0.6) is 0 Å². The van der Waals surface area contributed by atoms with Crippen molar-refractivity contribution in [3.8, 4) is 0 Å². The smallest absolute Gasteiger partial charge is 0.242 e. The van der Waals surface area contributed by atoms with Gasteiger partial charge in [0.1, 0.15) is 10.7 Å². The van der Waals surface area contributed by atoms with Crippen LogP contribution in [0.4, 0.5) is 0 Å². The second-order valence-electron chi connectivity index (χ2n) is 4.50. The molecule has 0 fully saturated rings. The molecule has 0 amide bonds. The first kappa shape index (κ1) is 14.7. The lowest BCUT2D eigenvalue weighted by Gasteiger charge is -2.13. The SMILES string of the molecule is CC(Cc1ccco1)NS(=O)(=O)c1ccc(CN)nc1. The van der Waals surface area contributed by atoms with Gasteiger partial charge in [-0.2, -0.15) is 0 Å². The average molecular weight is 295 g/mol. The monoisotopic (exact) mass is 295 g/mol. The van der Waals surface area contributed by atoms with E-state index in [9.17, 15) is 8.42 Å². The van der Waals surface area contributed by atoms with Crippen molar-refractivity contribution in [2.75, 3.05) is 0 Å². The molecule has 2 aromatic heterocycles. The molecule has 0 saturated heterocycles. The van der Waals surface area contributed by atoms with E-state index in [1.807, 2.05) is 6.07 Å². The largest absolute Gasteiger partial charge is 0.469 e. The lowest BCUT2D eigenvalue weighted by molar-refractivity contribution is 0.479. The second-order valence-corrected chi connectivity index (χ2v) is 6.21. The van der Waals surface area contributed by atoms with Crippen LogP contribution in [0.2, 0.25) is 0 Å². The van der Waals surface area contributed by atoms with Gasteiger partial charge in [0.25, 0.3) is 0 Å². The molecule has 0 aromatic carbocycles. The number of nitrogens with zero attached hydrogens (tertiary/aromatic N) is 1. The Morgan fingerprint density at radius 1 is 1.40 bits per heavy atom. The van der Waals surface area contributed by atoms with Gasteiger partial charge < -0.3 is 10.2 Å². The van der Waals surface area contributed by atoms with E-state index in [4.69, 9.17) is 10.2 Å². The second kappa shape index (κ2) is 6.17. The molecule has 0 bridgehead atoms. The van der Waals surface area contributed by atoms with Gasteiger partial charge in [0.05, 0.1) is 12.0 Å². The Kier molecular flexibility index (Phi) is 4.53. The minimum atomic E-state index is -3.58. The van der Waals surface area contributed by atoms with Crippen molar-refractivity contribution in [1.82, 2.24) is 9.71 Å². The van der Waals surface area contributed by atoms with Crippen LogP contribution in [0.15, 0.2) is 46.0 Å². The number of sulfonamides is 1. The molecular formula is C13H17N3O3S. The highest BCUT2D eigenvalue weighted by Gasteiger charge is 2.18. The van der Waals surface area contributed by atoms with Gasteiger partial charge in [-0.3, -0.25) is 4.98 Å². The third-order valence-corrected chi connectivity index (χ3v) is 4.34. The van der Waals surface area contributed by atoms with E-state index in [1.165, 1.54) is 12.3 Å². The maximum absolute atomic E-state index is 12.2. The molecule has 1 atom stereocenters. The van der Waals surface area contributed by atoms with Crippen molar-refractivity contribution < 1.29 is 12.8 Å². The van der Waals surface area contributed by atoms with Crippen molar-refractivity contribution in [1.29, 1.82) is 0 Å². The summed E-state index contributed by atoms with van der Waals surface area (Å²) in [7, 11) is -3.58. The molecule has 6 nitrogen and oxygen atoms in total. The van der Waals surface area contributed by atoms with Crippen LogP contribution in [0.25, 0.3) is 0 Å². The highest BCUT2D eigenvalue weighted by Crippen LogP contribution is 2.10. The zero-order chi connectivity index (χ0) is 14.6. The molecule has 108 valence electrons. The topological polar surface area (TPSA) is 98.2 Å². The molecule has 3 N–H and O–H groups in total. The summed E-state index contributed by atoms with van der Waals surface area (Å²) < 4.78 is 32.1. The molecular weight excluding hydrogens is 278 g/mol. The summed E-state index contributed by atoms with van der Waals surface area (Å²) in [5.74, 6) is 0.733. The Morgan fingerprint density at radius 3 is 2.75 bits per heavy atom. The number of rotatable bonds is 6. The molecule has 20 heavy (non-hydrogen) atoms. The van der Waals surface area contributed by atoms with Gasteiger partial charge in [-0.15, -0.1) is 0 Å².